The Morgan fingerprint density at radius 3 is 2.46 bits per heavy atom. The van der Waals surface area contributed by atoms with Crippen LogP contribution in [-0.4, -0.2) is 33.3 Å². The number of aliphatic carboxylic acids is 1. The molecular formula is C16H15NO5S2. The van der Waals surface area contributed by atoms with Crippen molar-refractivity contribution >= 4 is 47.0 Å². The van der Waals surface area contributed by atoms with Crippen LogP contribution in [0.25, 0.3) is 6.08 Å². The molecule has 1 saturated heterocycles. The minimum Gasteiger partial charge on any atom is -0.477 e. The molecule has 6 nitrogen and oxygen atoms in total. The van der Waals surface area contributed by atoms with Crippen molar-refractivity contribution in [2.24, 2.45) is 0 Å². The molecule has 0 bridgehead atoms. The Hall–Kier alpha value is -2.06. The molecule has 0 atom stereocenters. The zero-order chi connectivity index (χ0) is 17.5. The van der Waals surface area contributed by atoms with E-state index in [-0.39, 0.29) is 11.3 Å². The van der Waals surface area contributed by atoms with E-state index in [1.54, 1.807) is 6.07 Å². The summed E-state index contributed by atoms with van der Waals surface area (Å²) < 4.78 is 0.536. The highest BCUT2D eigenvalue weighted by atomic mass is 32.2. The quantitative estimate of drug-likeness (QED) is 0.279. The normalized spacial score (nSPS) is 15.1. The van der Waals surface area contributed by atoms with Gasteiger partial charge in [-0.15, -0.1) is 23.5 Å². The number of nitro groups is 1. The molecule has 1 aromatic carbocycles. The highest BCUT2D eigenvalue weighted by Gasteiger charge is 2.22. The minimum atomic E-state index is -1.25. The van der Waals surface area contributed by atoms with Gasteiger partial charge in [0.25, 0.3) is 5.69 Å². The predicted octanol–water partition coefficient (Wildman–Crippen LogP) is 3.73. The molecule has 126 valence electrons. The summed E-state index contributed by atoms with van der Waals surface area (Å²) in [5.41, 5.74) is 0.151. The van der Waals surface area contributed by atoms with Gasteiger partial charge >= 0.3 is 5.97 Å². The molecule has 1 aromatic rings. The van der Waals surface area contributed by atoms with E-state index in [0.717, 1.165) is 30.4 Å². The van der Waals surface area contributed by atoms with E-state index in [1.807, 2.05) is 0 Å². The summed E-state index contributed by atoms with van der Waals surface area (Å²) in [6.45, 7) is 0. The molecule has 1 heterocycles. The number of carbonyl (C=O) groups is 2. The number of nitrogens with zero attached hydrogens (tertiary/aromatic N) is 1. The maximum Gasteiger partial charge on any atom is 0.341 e. The molecule has 24 heavy (non-hydrogen) atoms. The van der Waals surface area contributed by atoms with E-state index >= 15 is 0 Å². The van der Waals surface area contributed by atoms with Crippen molar-refractivity contribution in [3.8, 4) is 0 Å². The van der Waals surface area contributed by atoms with Gasteiger partial charge in [0.15, 0.2) is 5.78 Å². The molecule has 0 amide bonds. The van der Waals surface area contributed by atoms with Gasteiger partial charge in [0.2, 0.25) is 0 Å². The average molecular weight is 365 g/mol. The van der Waals surface area contributed by atoms with Crippen LogP contribution in [0.3, 0.4) is 0 Å². The van der Waals surface area contributed by atoms with Crippen molar-refractivity contribution < 1.29 is 19.6 Å². The molecule has 2 rings (SSSR count). The second kappa shape index (κ2) is 8.70. The second-order valence-corrected chi connectivity index (χ2v) is 7.39. The van der Waals surface area contributed by atoms with Gasteiger partial charge in [-0.05, 0) is 36.0 Å². The maximum absolute atomic E-state index is 12.3. The number of rotatable bonds is 5. The first kappa shape index (κ1) is 18.3. The summed E-state index contributed by atoms with van der Waals surface area (Å²) >= 11 is 2.79. The lowest BCUT2D eigenvalue weighted by Gasteiger charge is -2.06. The Kier molecular flexibility index (Phi) is 6.62. The van der Waals surface area contributed by atoms with Crippen LogP contribution in [0, 0.1) is 10.1 Å². The standard InChI is InChI=1S/C16H15NO5S2/c18-13(7-6-11-4-3-5-12(10-11)17(21)22)14(15(19)20)16-23-8-1-2-9-24-16/h3-7,10H,1-2,8-9H2,(H,19,20)/b7-6+. The Labute approximate surface area is 147 Å². The molecule has 0 saturated carbocycles. The summed E-state index contributed by atoms with van der Waals surface area (Å²) in [7, 11) is 0. The molecule has 0 spiro atoms. The van der Waals surface area contributed by atoms with Gasteiger partial charge in [0.05, 0.1) is 9.16 Å². The first-order valence-corrected chi connectivity index (χ1v) is 9.16. The smallest absolute Gasteiger partial charge is 0.341 e. The van der Waals surface area contributed by atoms with Crippen LogP contribution in [0.4, 0.5) is 5.69 Å². The fraction of sp³-hybridized carbons (Fsp3) is 0.250. The van der Waals surface area contributed by atoms with Crippen molar-refractivity contribution in [3.63, 3.8) is 0 Å². The van der Waals surface area contributed by atoms with Gasteiger partial charge in [0, 0.05) is 12.1 Å². The molecule has 1 aliphatic rings. The van der Waals surface area contributed by atoms with Crippen molar-refractivity contribution in [1.29, 1.82) is 0 Å². The highest BCUT2D eigenvalue weighted by Crippen LogP contribution is 2.36. The number of benzene rings is 1. The number of thioether (sulfide) groups is 2. The maximum atomic E-state index is 12.3. The molecule has 1 aliphatic heterocycles. The van der Waals surface area contributed by atoms with Gasteiger partial charge in [-0.25, -0.2) is 4.79 Å². The number of allylic oxidation sites excluding steroid dienone is 1. The van der Waals surface area contributed by atoms with E-state index in [4.69, 9.17) is 0 Å². The van der Waals surface area contributed by atoms with Crippen molar-refractivity contribution in [2.45, 2.75) is 12.8 Å². The number of carboxylic acid groups (broad SMARTS) is 1. The summed E-state index contributed by atoms with van der Waals surface area (Å²) in [6.07, 6.45) is 4.53. The van der Waals surface area contributed by atoms with E-state index in [2.05, 4.69) is 0 Å². The Bertz CT molecular complexity index is 717. The fourth-order valence-corrected chi connectivity index (χ4v) is 4.58. The molecule has 0 radical (unpaired) electrons. The number of carbonyl (C=O) groups excluding carboxylic acids is 1. The number of non-ortho nitro benzene ring substituents is 1. The molecule has 0 aliphatic carbocycles. The van der Waals surface area contributed by atoms with Gasteiger partial charge < -0.3 is 5.11 Å². The Morgan fingerprint density at radius 1 is 1.21 bits per heavy atom. The third-order valence-corrected chi connectivity index (χ3v) is 5.80. The topological polar surface area (TPSA) is 97.5 Å². The minimum absolute atomic E-state index is 0.0868. The zero-order valence-corrected chi connectivity index (χ0v) is 14.3. The van der Waals surface area contributed by atoms with Gasteiger partial charge in [-0.2, -0.15) is 0 Å². The van der Waals surface area contributed by atoms with Crippen LogP contribution >= 0.6 is 23.5 Å². The second-order valence-electron chi connectivity index (χ2n) is 4.92. The lowest BCUT2D eigenvalue weighted by Crippen LogP contribution is -2.11. The summed E-state index contributed by atoms with van der Waals surface area (Å²) in [4.78, 5) is 34.0. The third kappa shape index (κ3) is 4.97. The monoisotopic (exact) mass is 365 g/mol. The summed E-state index contributed by atoms with van der Waals surface area (Å²) in [6, 6.07) is 5.80. The lowest BCUT2D eigenvalue weighted by molar-refractivity contribution is -0.384. The van der Waals surface area contributed by atoms with Crippen LogP contribution in [-0.2, 0) is 9.59 Å². The van der Waals surface area contributed by atoms with Crippen LogP contribution in [0.1, 0.15) is 18.4 Å². The number of ketones is 1. The largest absolute Gasteiger partial charge is 0.477 e. The zero-order valence-electron chi connectivity index (χ0n) is 12.6. The van der Waals surface area contributed by atoms with E-state index in [0.29, 0.717) is 9.80 Å². The van der Waals surface area contributed by atoms with Crippen LogP contribution in [0.2, 0.25) is 0 Å². The fourth-order valence-electron chi connectivity index (χ4n) is 2.01. The molecule has 0 unspecified atom stereocenters. The molecule has 1 fully saturated rings. The van der Waals surface area contributed by atoms with Crippen molar-refractivity contribution in [1.82, 2.24) is 0 Å². The van der Waals surface area contributed by atoms with Crippen LogP contribution < -0.4 is 0 Å². The van der Waals surface area contributed by atoms with E-state index < -0.39 is 16.7 Å². The Morgan fingerprint density at radius 2 is 1.88 bits per heavy atom. The SMILES string of the molecule is O=C(O)C(C(=O)/C=C/c1cccc([N+](=O)[O-])c1)=C1SCCCCS1. The highest BCUT2D eigenvalue weighted by molar-refractivity contribution is 8.22. The summed E-state index contributed by atoms with van der Waals surface area (Å²) in [5.74, 6) is -0.270. The summed E-state index contributed by atoms with van der Waals surface area (Å²) in [5, 5.41) is 20.1. The number of nitro benzene ring substituents is 1. The van der Waals surface area contributed by atoms with Gasteiger partial charge in [0.1, 0.15) is 5.57 Å². The third-order valence-electron chi connectivity index (χ3n) is 3.18. The van der Waals surface area contributed by atoms with E-state index in [9.17, 15) is 24.8 Å². The first-order chi connectivity index (χ1) is 11.5. The molecule has 0 aromatic heterocycles. The van der Waals surface area contributed by atoms with Crippen LogP contribution in [0.15, 0.2) is 40.2 Å². The van der Waals surface area contributed by atoms with Crippen molar-refractivity contribution in [3.05, 3.63) is 55.8 Å². The predicted molar refractivity (Wildman–Crippen MR) is 95.9 cm³/mol. The molecule has 1 N–H and O–H groups in total. The number of hydrogen-bond donors (Lipinski definition) is 1. The van der Waals surface area contributed by atoms with Crippen LogP contribution in [0.5, 0.6) is 0 Å². The first-order valence-electron chi connectivity index (χ1n) is 7.19. The number of carboxylic acids is 1. The Balaban J connectivity index is 2.24. The lowest BCUT2D eigenvalue weighted by atomic mass is 10.1. The van der Waals surface area contributed by atoms with Gasteiger partial charge in [-0.3, -0.25) is 14.9 Å². The molecular weight excluding hydrogens is 350 g/mol. The van der Waals surface area contributed by atoms with Crippen molar-refractivity contribution in [2.75, 3.05) is 11.5 Å². The van der Waals surface area contributed by atoms with E-state index in [1.165, 1.54) is 47.8 Å². The average Bonchev–Trinajstić information content (AvgIpc) is 2.82. The molecule has 8 heteroatoms. The number of hydrogen-bond acceptors (Lipinski definition) is 6. The van der Waals surface area contributed by atoms with Gasteiger partial charge in [-0.1, -0.05) is 18.2 Å².